The normalized spacial score (nSPS) is 13.8. The predicted octanol–water partition coefficient (Wildman–Crippen LogP) is 3.82. The van der Waals surface area contributed by atoms with E-state index in [1.807, 2.05) is 18.2 Å². The second kappa shape index (κ2) is 5.37. The molecule has 3 heteroatoms. The molecule has 0 saturated heterocycles. The van der Waals surface area contributed by atoms with Gasteiger partial charge in [-0.25, -0.2) is 0 Å². The average molecular weight is 267 g/mol. The minimum atomic E-state index is -0.0826. The molecule has 3 rings (SSSR count). The summed E-state index contributed by atoms with van der Waals surface area (Å²) in [5, 5.41) is 3.01. The summed E-state index contributed by atoms with van der Waals surface area (Å²) < 4.78 is 5.09. The lowest BCUT2D eigenvalue weighted by atomic mass is 10.1. The van der Waals surface area contributed by atoms with Gasteiger partial charge in [0.15, 0.2) is 0 Å². The molecule has 1 fully saturated rings. The smallest absolute Gasteiger partial charge is 0.255 e. The summed E-state index contributed by atoms with van der Waals surface area (Å²) in [5.41, 5.74) is 2.81. The van der Waals surface area contributed by atoms with Crippen LogP contribution in [0.4, 0.5) is 5.69 Å². The van der Waals surface area contributed by atoms with E-state index in [1.54, 1.807) is 31.4 Å². The van der Waals surface area contributed by atoms with E-state index in [0.29, 0.717) is 11.5 Å². The number of para-hydroxylation sites is 1. The van der Waals surface area contributed by atoms with Crippen LogP contribution in [0, 0.1) is 0 Å². The van der Waals surface area contributed by atoms with Crippen molar-refractivity contribution in [3.05, 3.63) is 59.7 Å². The first-order valence-corrected chi connectivity index (χ1v) is 6.82. The number of benzene rings is 2. The summed E-state index contributed by atoms with van der Waals surface area (Å²) in [7, 11) is 1.61. The first kappa shape index (κ1) is 12.7. The van der Waals surface area contributed by atoms with E-state index in [4.69, 9.17) is 4.74 Å². The lowest BCUT2D eigenvalue weighted by molar-refractivity contribution is 0.102. The van der Waals surface area contributed by atoms with Crippen molar-refractivity contribution in [1.82, 2.24) is 0 Å². The molecule has 0 aromatic heterocycles. The highest BCUT2D eigenvalue weighted by atomic mass is 16.5. The topological polar surface area (TPSA) is 38.3 Å². The molecule has 0 unspecified atom stereocenters. The molecule has 0 aliphatic heterocycles. The van der Waals surface area contributed by atoms with Gasteiger partial charge in [-0.05, 0) is 54.7 Å². The Hall–Kier alpha value is -2.29. The largest absolute Gasteiger partial charge is 0.497 e. The van der Waals surface area contributed by atoms with Gasteiger partial charge in [0.05, 0.1) is 7.11 Å². The number of amides is 1. The van der Waals surface area contributed by atoms with E-state index in [1.165, 1.54) is 18.4 Å². The SMILES string of the molecule is COc1ccc(C(=O)Nc2ccccc2C2CC2)cc1. The van der Waals surface area contributed by atoms with Gasteiger partial charge in [-0.3, -0.25) is 4.79 Å². The van der Waals surface area contributed by atoms with Crippen molar-refractivity contribution in [3.8, 4) is 5.75 Å². The molecule has 0 spiro atoms. The third-order valence-electron chi connectivity index (χ3n) is 3.58. The quantitative estimate of drug-likeness (QED) is 0.914. The number of anilines is 1. The number of methoxy groups -OCH3 is 1. The maximum atomic E-state index is 12.3. The van der Waals surface area contributed by atoms with Gasteiger partial charge < -0.3 is 10.1 Å². The molecule has 0 heterocycles. The number of carbonyl (C=O) groups is 1. The van der Waals surface area contributed by atoms with Gasteiger partial charge >= 0.3 is 0 Å². The first-order valence-electron chi connectivity index (χ1n) is 6.82. The van der Waals surface area contributed by atoms with Crippen LogP contribution in [0.3, 0.4) is 0 Å². The molecule has 102 valence electrons. The molecule has 0 radical (unpaired) electrons. The van der Waals surface area contributed by atoms with Crippen LogP contribution in [-0.2, 0) is 0 Å². The number of rotatable bonds is 4. The van der Waals surface area contributed by atoms with Crippen molar-refractivity contribution < 1.29 is 9.53 Å². The zero-order valence-electron chi connectivity index (χ0n) is 11.4. The lowest BCUT2D eigenvalue weighted by Gasteiger charge is -2.10. The van der Waals surface area contributed by atoms with Gasteiger partial charge in [0.25, 0.3) is 5.91 Å². The zero-order chi connectivity index (χ0) is 13.9. The standard InChI is InChI=1S/C17H17NO2/c1-20-14-10-8-13(9-11-14)17(19)18-16-5-3-2-4-15(16)12-6-7-12/h2-5,8-12H,6-7H2,1H3,(H,18,19). The zero-order valence-corrected chi connectivity index (χ0v) is 11.4. The summed E-state index contributed by atoms with van der Waals surface area (Å²) in [5.74, 6) is 1.28. The second-order valence-electron chi connectivity index (χ2n) is 5.04. The first-order chi connectivity index (χ1) is 9.78. The number of carbonyl (C=O) groups excluding carboxylic acids is 1. The summed E-state index contributed by atoms with van der Waals surface area (Å²) in [6.45, 7) is 0. The van der Waals surface area contributed by atoms with Crippen molar-refractivity contribution in [2.24, 2.45) is 0 Å². The van der Waals surface area contributed by atoms with Crippen LogP contribution >= 0.6 is 0 Å². The third kappa shape index (κ3) is 2.67. The average Bonchev–Trinajstić information content (AvgIpc) is 3.32. The van der Waals surface area contributed by atoms with Crippen LogP contribution in [0.1, 0.15) is 34.7 Å². The van der Waals surface area contributed by atoms with Gasteiger partial charge in [-0.1, -0.05) is 18.2 Å². The van der Waals surface area contributed by atoms with E-state index in [0.717, 1.165) is 11.4 Å². The molecular weight excluding hydrogens is 250 g/mol. The maximum absolute atomic E-state index is 12.3. The van der Waals surface area contributed by atoms with E-state index in [9.17, 15) is 4.79 Å². The van der Waals surface area contributed by atoms with Crippen molar-refractivity contribution >= 4 is 11.6 Å². The van der Waals surface area contributed by atoms with Crippen LogP contribution in [0.5, 0.6) is 5.75 Å². The van der Waals surface area contributed by atoms with Crippen molar-refractivity contribution in [1.29, 1.82) is 0 Å². The monoisotopic (exact) mass is 267 g/mol. The van der Waals surface area contributed by atoms with Gasteiger partial charge in [-0.2, -0.15) is 0 Å². The van der Waals surface area contributed by atoms with Crippen LogP contribution in [0.2, 0.25) is 0 Å². The van der Waals surface area contributed by atoms with E-state index >= 15 is 0 Å². The van der Waals surface area contributed by atoms with Crippen LogP contribution in [0.15, 0.2) is 48.5 Å². The Morgan fingerprint density at radius 2 is 1.80 bits per heavy atom. The second-order valence-corrected chi connectivity index (χ2v) is 5.04. The third-order valence-corrected chi connectivity index (χ3v) is 3.58. The summed E-state index contributed by atoms with van der Waals surface area (Å²) >= 11 is 0. The molecule has 20 heavy (non-hydrogen) atoms. The highest BCUT2D eigenvalue weighted by Gasteiger charge is 2.26. The lowest BCUT2D eigenvalue weighted by Crippen LogP contribution is -2.13. The van der Waals surface area contributed by atoms with Gasteiger partial charge in [0.1, 0.15) is 5.75 Å². The summed E-state index contributed by atoms with van der Waals surface area (Å²) in [6, 6.07) is 15.2. The fraction of sp³-hybridized carbons (Fsp3) is 0.235. The molecule has 1 aliphatic carbocycles. The Labute approximate surface area is 118 Å². The molecule has 3 nitrogen and oxygen atoms in total. The Kier molecular flexibility index (Phi) is 3.42. The fourth-order valence-electron chi connectivity index (χ4n) is 2.30. The predicted molar refractivity (Wildman–Crippen MR) is 79.4 cm³/mol. The van der Waals surface area contributed by atoms with Crippen LogP contribution in [-0.4, -0.2) is 13.0 Å². The summed E-state index contributed by atoms with van der Waals surface area (Å²) in [6.07, 6.45) is 2.44. The molecule has 1 amide bonds. The number of hydrogen-bond donors (Lipinski definition) is 1. The van der Waals surface area contributed by atoms with Gasteiger partial charge in [0.2, 0.25) is 0 Å². The minimum absolute atomic E-state index is 0.0826. The fourth-order valence-corrected chi connectivity index (χ4v) is 2.30. The maximum Gasteiger partial charge on any atom is 0.255 e. The van der Waals surface area contributed by atoms with E-state index < -0.39 is 0 Å². The van der Waals surface area contributed by atoms with Crippen LogP contribution < -0.4 is 10.1 Å². The summed E-state index contributed by atoms with van der Waals surface area (Å²) in [4.78, 5) is 12.3. The molecule has 1 aliphatic rings. The molecule has 2 aromatic carbocycles. The Balaban J connectivity index is 1.78. The van der Waals surface area contributed by atoms with Crippen molar-refractivity contribution in [2.45, 2.75) is 18.8 Å². The molecular formula is C17H17NO2. The Morgan fingerprint density at radius 1 is 1.10 bits per heavy atom. The van der Waals surface area contributed by atoms with E-state index in [-0.39, 0.29) is 5.91 Å². The Morgan fingerprint density at radius 3 is 2.45 bits per heavy atom. The minimum Gasteiger partial charge on any atom is -0.497 e. The number of hydrogen-bond acceptors (Lipinski definition) is 2. The van der Waals surface area contributed by atoms with Crippen molar-refractivity contribution in [3.63, 3.8) is 0 Å². The molecule has 1 N–H and O–H groups in total. The molecule has 2 aromatic rings. The number of ether oxygens (including phenoxy) is 1. The van der Waals surface area contributed by atoms with Crippen LogP contribution in [0.25, 0.3) is 0 Å². The van der Waals surface area contributed by atoms with Gasteiger partial charge in [-0.15, -0.1) is 0 Å². The number of nitrogens with one attached hydrogen (secondary N) is 1. The highest BCUT2D eigenvalue weighted by molar-refractivity contribution is 6.04. The molecule has 0 atom stereocenters. The van der Waals surface area contributed by atoms with Gasteiger partial charge in [0, 0.05) is 11.3 Å². The highest BCUT2D eigenvalue weighted by Crippen LogP contribution is 2.43. The van der Waals surface area contributed by atoms with E-state index in [2.05, 4.69) is 11.4 Å². The molecule has 1 saturated carbocycles. The molecule has 0 bridgehead atoms. The Bertz CT molecular complexity index is 615. The van der Waals surface area contributed by atoms with Crippen molar-refractivity contribution in [2.75, 3.05) is 12.4 Å².